The second-order valence-electron chi connectivity index (χ2n) is 8.52. The number of methoxy groups -OCH3 is 1. The van der Waals surface area contributed by atoms with Crippen molar-refractivity contribution in [3.05, 3.63) is 54.1 Å². The van der Waals surface area contributed by atoms with Crippen LogP contribution in [0.3, 0.4) is 0 Å². The van der Waals surface area contributed by atoms with Crippen LogP contribution in [-0.4, -0.2) is 47.9 Å². The number of morpholine rings is 1. The Morgan fingerprint density at radius 2 is 1.87 bits per heavy atom. The Hall–Kier alpha value is -2.86. The van der Waals surface area contributed by atoms with Gasteiger partial charge in [-0.1, -0.05) is 30.3 Å². The lowest BCUT2D eigenvalue weighted by Crippen LogP contribution is -2.45. The second-order valence-corrected chi connectivity index (χ2v) is 8.52. The zero-order valence-electron chi connectivity index (χ0n) is 18.0. The minimum atomic E-state index is 0.0366. The number of hydrogen-bond acceptors (Lipinski definition) is 5. The topological polar surface area (TPSA) is 56.6 Å². The van der Waals surface area contributed by atoms with Crippen molar-refractivity contribution in [3.63, 3.8) is 0 Å². The Balaban J connectivity index is 1.35. The Morgan fingerprint density at radius 1 is 1.10 bits per heavy atom. The van der Waals surface area contributed by atoms with Gasteiger partial charge in [0.15, 0.2) is 0 Å². The Bertz CT molecular complexity index is 1050. The second kappa shape index (κ2) is 8.71. The summed E-state index contributed by atoms with van der Waals surface area (Å²) < 4.78 is 12.9. The smallest absolute Gasteiger partial charge is 0.304 e. The quantitative estimate of drug-likeness (QED) is 0.529. The van der Waals surface area contributed by atoms with Crippen LogP contribution < -0.4 is 9.64 Å². The molecule has 2 aliphatic rings. The van der Waals surface area contributed by atoms with E-state index >= 15 is 0 Å². The summed E-state index contributed by atoms with van der Waals surface area (Å²) >= 11 is 0. The minimum absolute atomic E-state index is 0.0366. The molecule has 2 aromatic carbocycles. The molecule has 1 aromatic heterocycles. The van der Waals surface area contributed by atoms with E-state index in [4.69, 9.17) is 9.47 Å². The molecule has 31 heavy (non-hydrogen) atoms. The molecule has 0 unspecified atom stereocenters. The lowest BCUT2D eigenvalue weighted by atomic mass is 10.1. The monoisotopic (exact) mass is 419 g/mol. The normalized spacial score (nSPS) is 20.4. The first-order chi connectivity index (χ1) is 15.2. The van der Waals surface area contributed by atoms with Crippen molar-refractivity contribution in [2.45, 2.75) is 50.6 Å². The highest BCUT2D eigenvalue weighted by Crippen LogP contribution is 2.36. The van der Waals surface area contributed by atoms with Crippen molar-refractivity contribution in [1.29, 1.82) is 0 Å². The number of rotatable bonds is 7. The van der Waals surface area contributed by atoms with Crippen molar-refractivity contribution in [1.82, 2.24) is 9.55 Å². The number of carbonyl (C=O) groups excluding carboxylic acids is 1. The summed E-state index contributed by atoms with van der Waals surface area (Å²) in [5.74, 6) is 0.0366. The molecule has 2 fully saturated rings. The molecule has 0 N–H and O–H groups in total. The van der Waals surface area contributed by atoms with E-state index < -0.39 is 0 Å². The minimum Gasteiger partial charge on any atom is -0.468 e. The summed E-state index contributed by atoms with van der Waals surface area (Å²) in [6, 6.07) is 17.8. The number of nitrogens with zero attached hydrogens (tertiary/aromatic N) is 3. The first-order valence-electron chi connectivity index (χ1n) is 11.2. The molecule has 5 rings (SSSR count). The highest BCUT2D eigenvalue weighted by molar-refractivity contribution is 5.93. The van der Waals surface area contributed by atoms with Gasteiger partial charge in [-0.15, -0.1) is 0 Å². The van der Waals surface area contributed by atoms with E-state index in [9.17, 15) is 4.79 Å². The third-order valence-corrected chi connectivity index (χ3v) is 6.53. The molecule has 2 atom stereocenters. The van der Waals surface area contributed by atoms with Crippen LogP contribution in [0.1, 0.15) is 42.5 Å². The number of carbonyl (C=O) groups is 1. The Labute approximate surface area is 182 Å². The number of anilines is 1. The van der Waals surface area contributed by atoms with Crippen LogP contribution in [0.4, 0.5) is 5.69 Å². The molecule has 0 aliphatic carbocycles. The van der Waals surface area contributed by atoms with Gasteiger partial charge in [0.2, 0.25) is 5.91 Å². The van der Waals surface area contributed by atoms with Crippen molar-refractivity contribution >= 4 is 22.6 Å². The number of fused-ring (bicyclic) bond motifs is 3. The van der Waals surface area contributed by atoms with Gasteiger partial charge < -0.3 is 14.4 Å². The average molecular weight is 420 g/mol. The maximum Gasteiger partial charge on any atom is 0.304 e. The maximum atomic E-state index is 13.1. The van der Waals surface area contributed by atoms with Crippen LogP contribution in [0, 0.1) is 0 Å². The summed E-state index contributed by atoms with van der Waals surface area (Å²) in [6.45, 7) is 1.55. The molecule has 0 radical (unpaired) electrons. The number of unbranched alkanes of at least 4 members (excludes halogenated alkanes) is 1. The fraction of sp³-hybridized carbons (Fsp3) is 0.440. The first kappa shape index (κ1) is 20.1. The van der Waals surface area contributed by atoms with E-state index in [1.165, 1.54) is 5.56 Å². The van der Waals surface area contributed by atoms with Gasteiger partial charge in [-0.3, -0.25) is 4.79 Å². The van der Waals surface area contributed by atoms with Crippen LogP contribution in [0.15, 0.2) is 48.5 Å². The molecular formula is C25H29N3O3. The molecule has 0 amide bonds. The molecule has 6 nitrogen and oxygen atoms in total. The number of aryl methyl sites for hydroxylation is 1. The highest BCUT2D eigenvalue weighted by atomic mass is 16.5. The molecule has 2 saturated heterocycles. The van der Waals surface area contributed by atoms with Gasteiger partial charge >= 0.3 is 6.01 Å². The standard InChI is InChI=1S/C25H29N3O3/c1-30-25-26-22-14-13-19(27-20-11-12-21(27)17-31-16-20)15-23(22)28(25)24(29)10-6-5-9-18-7-3-2-4-8-18/h2-4,7-8,13-15,20-21H,5-6,9-12,16-17H2,1H3/t20-,21+. The summed E-state index contributed by atoms with van der Waals surface area (Å²) in [5.41, 5.74) is 4.07. The van der Waals surface area contributed by atoms with Crippen LogP contribution >= 0.6 is 0 Å². The summed E-state index contributed by atoms with van der Waals surface area (Å²) in [6.07, 6.45) is 5.59. The van der Waals surface area contributed by atoms with Gasteiger partial charge in [-0.2, -0.15) is 4.98 Å². The van der Waals surface area contributed by atoms with Crippen LogP contribution in [-0.2, 0) is 11.2 Å². The summed E-state index contributed by atoms with van der Waals surface area (Å²) in [7, 11) is 1.57. The molecule has 0 spiro atoms. The average Bonchev–Trinajstić information content (AvgIpc) is 3.30. The van der Waals surface area contributed by atoms with Crippen LogP contribution in [0.25, 0.3) is 11.0 Å². The van der Waals surface area contributed by atoms with E-state index in [1.54, 1.807) is 11.7 Å². The van der Waals surface area contributed by atoms with Crippen molar-refractivity contribution in [3.8, 4) is 6.01 Å². The Morgan fingerprint density at radius 3 is 2.61 bits per heavy atom. The van der Waals surface area contributed by atoms with Gasteiger partial charge in [0, 0.05) is 12.1 Å². The third-order valence-electron chi connectivity index (χ3n) is 6.53. The van der Waals surface area contributed by atoms with Crippen molar-refractivity contribution < 1.29 is 14.3 Å². The molecule has 6 heteroatoms. The number of benzene rings is 2. The van der Waals surface area contributed by atoms with Gasteiger partial charge in [-0.25, -0.2) is 4.57 Å². The number of hydrogen-bond donors (Lipinski definition) is 0. The largest absolute Gasteiger partial charge is 0.468 e. The van der Waals surface area contributed by atoms with Gasteiger partial charge in [0.1, 0.15) is 0 Å². The lowest BCUT2D eigenvalue weighted by molar-refractivity contribution is 0.0892. The van der Waals surface area contributed by atoms with E-state index in [1.807, 2.05) is 12.1 Å². The van der Waals surface area contributed by atoms with E-state index in [2.05, 4.69) is 46.3 Å². The first-order valence-corrected chi connectivity index (χ1v) is 11.2. The zero-order chi connectivity index (χ0) is 21.2. The zero-order valence-corrected chi connectivity index (χ0v) is 18.0. The maximum absolute atomic E-state index is 13.1. The fourth-order valence-electron chi connectivity index (χ4n) is 4.99. The highest BCUT2D eigenvalue weighted by Gasteiger charge is 2.37. The van der Waals surface area contributed by atoms with Crippen LogP contribution in [0.5, 0.6) is 6.01 Å². The molecule has 0 saturated carbocycles. The van der Waals surface area contributed by atoms with Crippen LogP contribution in [0.2, 0.25) is 0 Å². The van der Waals surface area contributed by atoms with Crippen molar-refractivity contribution in [2.75, 3.05) is 25.2 Å². The van der Waals surface area contributed by atoms with Gasteiger partial charge in [0.05, 0.1) is 43.4 Å². The Kier molecular flexibility index (Phi) is 5.64. The molecule has 2 bridgehead atoms. The molecule has 162 valence electrons. The number of aromatic nitrogens is 2. The SMILES string of the molecule is COc1nc2ccc(N3[C@@H]4CC[C@H]3COC4)cc2n1C(=O)CCCCc1ccccc1. The fourth-order valence-corrected chi connectivity index (χ4v) is 4.99. The predicted octanol–water partition coefficient (Wildman–Crippen LogP) is 4.47. The summed E-state index contributed by atoms with van der Waals surface area (Å²) in [5, 5.41) is 0. The van der Waals surface area contributed by atoms with E-state index in [0.29, 0.717) is 24.5 Å². The molecular weight excluding hydrogens is 390 g/mol. The van der Waals surface area contributed by atoms with Crippen molar-refractivity contribution in [2.24, 2.45) is 0 Å². The van der Waals surface area contributed by atoms with Gasteiger partial charge in [0.25, 0.3) is 0 Å². The predicted molar refractivity (Wildman–Crippen MR) is 121 cm³/mol. The molecule has 2 aliphatic heterocycles. The lowest BCUT2D eigenvalue weighted by Gasteiger charge is -2.36. The van der Waals surface area contributed by atoms with Gasteiger partial charge in [-0.05, 0) is 55.9 Å². The van der Waals surface area contributed by atoms with E-state index in [-0.39, 0.29) is 5.91 Å². The van der Waals surface area contributed by atoms with E-state index in [0.717, 1.165) is 62.0 Å². The summed E-state index contributed by atoms with van der Waals surface area (Å²) in [4.78, 5) is 20.2. The third kappa shape index (κ3) is 3.92. The molecule has 3 heterocycles. The number of ether oxygens (including phenoxy) is 2. The number of imidazole rings is 1. The molecule has 3 aromatic rings.